The molecule has 1 heterocycles. The molecule has 2 aromatic carbocycles. The molecule has 1 aliphatic heterocycles. The van der Waals surface area contributed by atoms with Crippen LogP contribution in [0.25, 0.3) is 0 Å². The molecular formula is C26H32N4O9S3. The molecule has 0 amide bonds. The first-order chi connectivity index (χ1) is 19.5. The number of hydrogen-bond donors (Lipinski definition) is 3. The predicted molar refractivity (Wildman–Crippen MR) is 157 cm³/mol. The fourth-order valence-corrected chi connectivity index (χ4v) is 8.05. The molecule has 228 valence electrons. The molecule has 0 fully saturated rings. The molecule has 0 saturated heterocycles. The molecular weight excluding hydrogens is 609 g/mol. The van der Waals surface area contributed by atoms with Gasteiger partial charge in [0.1, 0.15) is 22.2 Å². The molecule has 2 aliphatic rings. The monoisotopic (exact) mass is 640 g/mol. The minimum absolute atomic E-state index is 0.00631. The summed E-state index contributed by atoms with van der Waals surface area (Å²) >= 11 is 0. The Kier molecular flexibility index (Phi) is 8.68. The number of rotatable bonds is 11. The van der Waals surface area contributed by atoms with E-state index >= 15 is 0 Å². The van der Waals surface area contributed by atoms with Gasteiger partial charge in [-0.1, -0.05) is 38.1 Å². The fourth-order valence-electron chi connectivity index (χ4n) is 4.98. The van der Waals surface area contributed by atoms with E-state index in [1.54, 1.807) is 12.1 Å². The fraction of sp³-hybridized carbons (Fsp3) is 0.423. The van der Waals surface area contributed by atoms with E-state index in [9.17, 15) is 34.8 Å². The second-order valence-corrected chi connectivity index (χ2v) is 15.8. The maximum atomic E-state index is 14.4. The van der Waals surface area contributed by atoms with Gasteiger partial charge < -0.3 is 10.1 Å². The first kappa shape index (κ1) is 31.7. The van der Waals surface area contributed by atoms with Crippen LogP contribution in [0.4, 0.5) is 11.4 Å². The highest BCUT2D eigenvalue weighted by Crippen LogP contribution is 2.42. The number of carbonyl (C=O) groups is 2. The first-order valence-electron chi connectivity index (χ1n) is 12.9. The number of ether oxygens (including phenoxy) is 1. The van der Waals surface area contributed by atoms with E-state index in [0.29, 0.717) is 6.42 Å². The lowest BCUT2D eigenvalue weighted by atomic mass is 9.67. The third-order valence-corrected chi connectivity index (χ3v) is 10.2. The van der Waals surface area contributed by atoms with Crippen LogP contribution in [0, 0.1) is 11.8 Å². The summed E-state index contributed by atoms with van der Waals surface area (Å²) in [6.07, 6.45) is 1.29. The zero-order valence-electron chi connectivity index (χ0n) is 23.4. The Labute approximate surface area is 245 Å². The number of anilines is 2. The van der Waals surface area contributed by atoms with Crippen molar-refractivity contribution in [3.8, 4) is 0 Å². The third-order valence-electron chi connectivity index (χ3n) is 6.90. The largest absolute Gasteiger partial charge is 0.384 e. The summed E-state index contributed by atoms with van der Waals surface area (Å²) in [4.78, 5) is 27.9. The van der Waals surface area contributed by atoms with Crippen LogP contribution in [0.2, 0.25) is 0 Å². The third kappa shape index (κ3) is 6.41. The van der Waals surface area contributed by atoms with Gasteiger partial charge in [0.25, 0.3) is 10.0 Å². The lowest BCUT2D eigenvalue weighted by molar-refractivity contribution is -0.127. The number of hydrogen-bond acceptors (Lipinski definition) is 10. The van der Waals surface area contributed by atoms with Crippen molar-refractivity contribution in [2.24, 2.45) is 16.2 Å². The van der Waals surface area contributed by atoms with Crippen LogP contribution < -0.4 is 14.8 Å². The van der Waals surface area contributed by atoms with Gasteiger partial charge in [-0.2, -0.15) is 13.1 Å². The first-order valence-corrected chi connectivity index (χ1v) is 17.9. The minimum atomic E-state index is -4.52. The summed E-state index contributed by atoms with van der Waals surface area (Å²) in [5.41, 5.74) is -1.73. The summed E-state index contributed by atoms with van der Waals surface area (Å²) in [6.45, 7) is 3.66. The van der Waals surface area contributed by atoms with Crippen LogP contribution in [-0.2, 0) is 45.1 Å². The minimum Gasteiger partial charge on any atom is -0.384 e. The Balaban J connectivity index is 1.87. The molecule has 0 spiro atoms. The molecule has 2 unspecified atom stereocenters. The highest BCUT2D eigenvalue weighted by atomic mass is 32.2. The van der Waals surface area contributed by atoms with Gasteiger partial charge in [-0.15, -0.1) is 4.40 Å². The van der Waals surface area contributed by atoms with E-state index in [-0.39, 0.29) is 46.3 Å². The number of methoxy groups -OCH3 is 1. The quantitative estimate of drug-likeness (QED) is 0.305. The van der Waals surface area contributed by atoms with Crippen molar-refractivity contribution in [2.45, 2.75) is 37.1 Å². The Morgan fingerprint density at radius 2 is 1.79 bits per heavy atom. The molecule has 3 N–H and O–H groups in total. The lowest BCUT2D eigenvalue weighted by Gasteiger charge is -2.41. The van der Waals surface area contributed by atoms with Crippen molar-refractivity contribution in [1.29, 1.82) is 0 Å². The van der Waals surface area contributed by atoms with E-state index in [2.05, 4.69) is 19.2 Å². The number of ketones is 2. The van der Waals surface area contributed by atoms with Gasteiger partial charge >= 0.3 is 0 Å². The second-order valence-electron chi connectivity index (χ2n) is 10.6. The molecule has 4 rings (SSSR count). The van der Waals surface area contributed by atoms with Gasteiger partial charge in [-0.05, 0) is 42.5 Å². The van der Waals surface area contributed by atoms with Gasteiger partial charge in [0.05, 0.1) is 24.3 Å². The smallest absolute Gasteiger partial charge is 0.286 e. The van der Waals surface area contributed by atoms with Crippen molar-refractivity contribution >= 4 is 58.8 Å². The molecule has 2 aromatic rings. The Bertz CT molecular complexity index is 1790. The molecule has 42 heavy (non-hydrogen) atoms. The highest BCUT2D eigenvalue weighted by molar-refractivity contribution is 7.92. The topological polar surface area (TPSA) is 194 Å². The normalized spacial score (nSPS) is 21.7. The molecule has 13 nitrogen and oxygen atoms in total. The van der Waals surface area contributed by atoms with Crippen molar-refractivity contribution in [3.63, 3.8) is 0 Å². The van der Waals surface area contributed by atoms with E-state index in [1.165, 1.54) is 31.4 Å². The summed E-state index contributed by atoms with van der Waals surface area (Å²) < 4.78 is 89.7. The standard InChI is InChI=1S/C26H32N4O9S3/c1-16(2)11-12-26(30-41(35,36)14-13-39-3)19-8-6-5-7-18(19)23(31)22(24(26)32)25-27-20-10-9-17(28-40(4,33)34)15-21(20)42(37,38)29-25/h5-10,15-16,22,28,30H,11-14H2,1-4H3,(H,27,29). The molecule has 1 aliphatic carbocycles. The average Bonchev–Trinajstić information content (AvgIpc) is 2.88. The van der Waals surface area contributed by atoms with E-state index in [1.807, 2.05) is 13.8 Å². The van der Waals surface area contributed by atoms with Crippen molar-refractivity contribution in [1.82, 2.24) is 4.72 Å². The Morgan fingerprint density at radius 3 is 2.43 bits per heavy atom. The second kappa shape index (κ2) is 11.5. The number of amidine groups is 1. The SMILES string of the molecule is COCCS(=O)(=O)NC1(CCC(C)C)C(=O)C(C2=NS(=O)(=O)c3cc(NS(C)(=O)=O)ccc3N2)C(=O)c2ccccc21. The van der Waals surface area contributed by atoms with Crippen LogP contribution in [0.1, 0.15) is 42.6 Å². The van der Waals surface area contributed by atoms with E-state index in [4.69, 9.17) is 4.74 Å². The Morgan fingerprint density at radius 1 is 1.10 bits per heavy atom. The molecule has 2 atom stereocenters. The molecule has 0 radical (unpaired) electrons. The number of benzene rings is 2. The van der Waals surface area contributed by atoms with Crippen LogP contribution >= 0.6 is 0 Å². The summed E-state index contributed by atoms with van der Waals surface area (Å²) in [7, 11) is -11.0. The number of fused-ring (bicyclic) bond motifs is 2. The predicted octanol–water partition coefficient (Wildman–Crippen LogP) is 1.85. The number of Topliss-reactive ketones (excluding diaryl/α,β-unsaturated/α-hetero) is 2. The number of nitrogens with zero attached hydrogens (tertiary/aromatic N) is 1. The zero-order chi connectivity index (χ0) is 31.1. The van der Waals surface area contributed by atoms with Gasteiger partial charge in [0, 0.05) is 18.4 Å². The maximum Gasteiger partial charge on any atom is 0.286 e. The number of nitrogens with one attached hydrogen (secondary N) is 3. The molecule has 0 aromatic heterocycles. The van der Waals surface area contributed by atoms with Gasteiger partial charge in [-0.25, -0.2) is 16.8 Å². The molecule has 16 heteroatoms. The zero-order valence-corrected chi connectivity index (χ0v) is 25.8. The molecule has 0 bridgehead atoms. The summed E-state index contributed by atoms with van der Waals surface area (Å²) in [5.74, 6) is -4.28. The van der Waals surface area contributed by atoms with E-state index in [0.717, 1.165) is 12.3 Å². The van der Waals surface area contributed by atoms with E-state index < -0.39 is 64.7 Å². The van der Waals surface area contributed by atoms with Crippen molar-refractivity contribution in [2.75, 3.05) is 35.8 Å². The van der Waals surface area contributed by atoms with Crippen molar-refractivity contribution in [3.05, 3.63) is 53.6 Å². The average molecular weight is 641 g/mol. The van der Waals surface area contributed by atoms with Gasteiger partial charge in [-0.3, -0.25) is 14.3 Å². The number of carbonyl (C=O) groups excluding carboxylic acids is 2. The molecule has 0 saturated carbocycles. The van der Waals surface area contributed by atoms with Crippen LogP contribution in [0.3, 0.4) is 0 Å². The van der Waals surface area contributed by atoms with Crippen LogP contribution in [-0.4, -0.2) is 68.4 Å². The van der Waals surface area contributed by atoms with Crippen LogP contribution in [0.5, 0.6) is 0 Å². The number of sulfonamides is 3. The van der Waals surface area contributed by atoms with Gasteiger partial charge in [0.2, 0.25) is 20.0 Å². The summed E-state index contributed by atoms with van der Waals surface area (Å²) in [6, 6.07) is 9.78. The van der Waals surface area contributed by atoms with Gasteiger partial charge in [0.15, 0.2) is 11.6 Å². The lowest BCUT2D eigenvalue weighted by Crippen LogP contribution is -2.61. The maximum absolute atomic E-state index is 14.4. The van der Waals surface area contributed by atoms with Crippen molar-refractivity contribution < 1.29 is 39.6 Å². The van der Waals surface area contributed by atoms with Crippen LogP contribution in [0.15, 0.2) is 51.8 Å². The highest BCUT2D eigenvalue weighted by Gasteiger charge is 2.55. The Hall–Kier alpha value is -3.18. The summed E-state index contributed by atoms with van der Waals surface area (Å²) in [5, 5.41) is 2.76.